The zero-order valence-corrected chi connectivity index (χ0v) is 19.8. The maximum absolute atomic E-state index is 14.3. The number of allylic oxidation sites excluding steroid dienone is 3. The molecule has 176 valence electrons. The summed E-state index contributed by atoms with van der Waals surface area (Å²) in [6.07, 6.45) is 4.99. The van der Waals surface area contributed by atoms with Gasteiger partial charge < -0.3 is 5.32 Å². The lowest BCUT2D eigenvalue weighted by Crippen LogP contribution is -2.20. The molecule has 3 rings (SSSR count). The Hall–Kier alpha value is -3.00. The quantitative estimate of drug-likeness (QED) is 0.627. The summed E-state index contributed by atoms with van der Waals surface area (Å²) in [5.41, 5.74) is 1.84. The van der Waals surface area contributed by atoms with E-state index < -0.39 is 25.9 Å². The molecular formula is C20H23FN6O4S2. The van der Waals surface area contributed by atoms with Gasteiger partial charge in [-0.25, -0.2) is 40.6 Å². The second kappa shape index (κ2) is 9.47. The van der Waals surface area contributed by atoms with Crippen LogP contribution in [0.4, 0.5) is 21.8 Å². The van der Waals surface area contributed by atoms with E-state index in [4.69, 9.17) is 5.14 Å². The number of aromatic nitrogens is 2. The van der Waals surface area contributed by atoms with E-state index in [-0.39, 0.29) is 23.1 Å². The number of benzene rings is 1. The van der Waals surface area contributed by atoms with Crippen molar-refractivity contribution in [3.8, 4) is 0 Å². The van der Waals surface area contributed by atoms with Gasteiger partial charge in [0.15, 0.2) is 11.6 Å². The topological polar surface area (TPSA) is 148 Å². The van der Waals surface area contributed by atoms with Crippen molar-refractivity contribution in [1.82, 2.24) is 14.3 Å². The number of nitrogens with zero attached hydrogens (tertiary/aromatic N) is 4. The van der Waals surface area contributed by atoms with Crippen LogP contribution in [0.25, 0.3) is 0 Å². The fourth-order valence-electron chi connectivity index (χ4n) is 2.94. The van der Waals surface area contributed by atoms with E-state index in [1.165, 1.54) is 25.6 Å². The number of aryl methyl sites for hydroxylation is 1. The second-order valence-electron chi connectivity index (χ2n) is 7.51. The Bertz CT molecular complexity index is 1380. The number of nitrogens with two attached hydrogens (primary N) is 1. The highest BCUT2D eigenvalue weighted by molar-refractivity contribution is 7.92. The molecule has 13 heteroatoms. The Morgan fingerprint density at radius 3 is 2.64 bits per heavy atom. The Morgan fingerprint density at radius 2 is 1.97 bits per heavy atom. The number of sulfonamides is 2. The fraction of sp³-hybridized carbons (Fsp3) is 0.250. The Kier molecular flexibility index (Phi) is 7.07. The Balaban J connectivity index is 1.88. The van der Waals surface area contributed by atoms with Crippen molar-refractivity contribution in [2.45, 2.75) is 24.7 Å². The highest BCUT2D eigenvalue weighted by Crippen LogP contribution is 2.25. The molecule has 1 aromatic carbocycles. The van der Waals surface area contributed by atoms with Crippen LogP contribution in [0.15, 0.2) is 57.4 Å². The van der Waals surface area contributed by atoms with Crippen LogP contribution in [0.5, 0.6) is 0 Å². The predicted octanol–water partition coefficient (Wildman–Crippen LogP) is 2.51. The van der Waals surface area contributed by atoms with E-state index in [9.17, 15) is 21.2 Å². The van der Waals surface area contributed by atoms with E-state index in [0.29, 0.717) is 29.0 Å². The van der Waals surface area contributed by atoms with Crippen LogP contribution in [0.1, 0.15) is 18.4 Å². The number of hydrogen-bond acceptors (Lipinski definition) is 8. The summed E-state index contributed by atoms with van der Waals surface area (Å²) in [7, 11) is -4.60. The number of anilines is 2. The third-order valence-electron chi connectivity index (χ3n) is 4.65. The molecule has 0 unspecified atom stereocenters. The molecule has 0 fully saturated rings. The summed E-state index contributed by atoms with van der Waals surface area (Å²) >= 11 is 0. The van der Waals surface area contributed by atoms with Crippen LogP contribution in [-0.2, 0) is 20.0 Å². The van der Waals surface area contributed by atoms with Crippen LogP contribution < -0.4 is 10.5 Å². The number of halogens is 1. The summed E-state index contributed by atoms with van der Waals surface area (Å²) in [6, 6.07) is 4.50. The van der Waals surface area contributed by atoms with Gasteiger partial charge in [-0.3, -0.25) is 0 Å². The lowest BCUT2D eigenvalue weighted by Gasteiger charge is -2.14. The first-order chi connectivity index (χ1) is 15.3. The minimum Gasteiger partial charge on any atom is -0.324 e. The van der Waals surface area contributed by atoms with Gasteiger partial charge in [0, 0.05) is 37.3 Å². The van der Waals surface area contributed by atoms with Crippen LogP contribution in [0.2, 0.25) is 0 Å². The molecule has 1 aliphatic carbocycles. The standard InChI is InChI=1S/C20H23FN6O4S2/c1-13-7-8-16(10-18(13)33(22,30)31)25-20-23-11-17(21)19(26-20)24-15-6-4-5-14(9-15)12-32(28,29)27(2)3/h4,6-8,10-12H,5,9H2,1-3H3,(H2,22,30,31)(H,23,25,26). The molecule has 0 bridgehead atoms. The van der Waals surface area contributed by atoms with Gasteiger partial charge in [0.05, 0.1) is 11.1 Å². The van der Waals surface area contributed by atoms with Crippen molar-refractivity contribution in [2.75, 3.05) is 19.4 Å². The molecule has 1 aliphatic rings. The van der Waals surface area contributed by atoms with E-state index in [0.717, 1.165) is 10.5 Å². The molecule has 0 aliphatic heterocycles. The first-order valence-corrected chi connectivity index (χ1v) is 12.7. The first kappa shape index (κ1) is 24.6. The number of nitrogens with one attached hydrogen (secondary N) is 1. The molecule has 0 atom stereocenters. The molecule has 0 radical (unpaired) electrons. The zero-order chi connectivity index (χ0) is 24.4. The summed E-state index contributed by atoms with van der Waals surface area (Å²) in [4.78, 5) is 12.1. The highest BCUT2D eigenvalue weighted by atomic mass is 32.2. The highest BCUT2D eigenvalue weighted by Gasteiger charge is 2.16. The van der Waals surface area contributed by atoms with Gasteiger partial charge in [0.1, 0.15) is 0 Å². The maximum Gasteiger partial charge on any atom is 0.238 e. The second-order valence-corrected chi connectivity index (χ2v) is 11.0. The largest absolute Gasteiger partial charge is 0.324 e. The lowest BCUT2D eigenvalue weighted by molar-refractivity contribution is 0.530. The molecule has 0 amide bonds. The van der Waals surface area contributed by atoms with Crippen LogP contribution in [0.3, 0.4) is 0 Å². The van der Waals surface area contributed by atoms with Crippen LogP contribution in [0, 0.1) is 12.7 Å². The van der Waals surface area contributed by atoms with E-state index in [2.05, 4.69) is 20.3 Å². The summed E-state index contributed by atoms with van der Waals surface area (Å²) in [5.74, 6) is -1.03. The van der Waals surface area contributed by atoms with E-state index in [1.807, 2.05) is 0 Å². The summed E-state index contributed by atoms with van der Waals surface area (Å²) < 4.78 is 63.1. The lowest BCUT2D eigenvalue weighted by atomic mass is 10.0. The van der Waals surface area contributed by atoms with Crippen molar-refractivity contribution in [3.63, 3.8) is 0 Å². The molecule has 1 heterocycles. The third-order valence-corrected chi connectivity index (χ3v) is 7.35. The van der Waals surface area contributed by atoms with Crippen LogP contribution in [-0.4, -0.2) is 50.9 Å². The van der Waals surface area contributed by atoms with E-state index in [1.54, 1.807) is 31.2 Å². The minimum atomic E-state index is -3.93. The van der Waals surface area contributed by atoms with Gasteiger partial charge in [-0.15, -0.1) is 0 Å². The molecular weight excluding hydrogens is 471 g/mol. The van der Waals surface area contributed by atoms with Crippen molar-refractivity contribution in [3.05, 3.63) is 58.9 Å². The fourth-order valence-corrected chi connectivity index (χ4v) is 4.56. The monoisotopic (exact) mass is 494 g/mol. The zero-order valence-electron chi connectivity index (χ0n) is 18.1. The molecule has 0 saturated heterocycles. The smallest absolute Gasteiger partial charge is 0.238 e. The van der Waals surface area contributed by atoms with Gasteiger partial charge in [-0.2, -0.15) is 4.98 Å². The molecule has 10 nitrogen and oxygen atoms in total. The van der Waals surface area contributed by atoms with Gasteiger partial charge in [-0.1, -0.05) is 12.1 Å². The average molecular weight is 495 g/mol. The molecule has 0 spiro atoms. The van der Waals surface area contributed by atoms with Gasteiger partial charge >= 0.3 is 0 Å². The number of aliphatic imine (C=N–C) groups is 1. The number of rotatable bonds is 6. The third kappa shape index (κ3) is 6.28. The van der Waals surface area contributed by atoms with Crippen molar-refractivity contribution in [2.24, 2.45) is 10.1 Å². The summed E-state index contributed by atoms with van der Waals surface area (Å²) in [6.45, 7) is 1.61. The van der Waals surface area contributed by atoms with Crippen LogP contribution >= 0.6 is 0 Å². The maximum atomic E-state index is 14.3. The molecule has 33 heavy (non-hydrogen) atoms. The minimum absolute atomic E-state index is 0.00860. The number of hydrogen-bond donors (Lipinski definition) is 2. The predicted molar refractivity (Wildman–Crippen MR) is 124 cm³/mol. The molecule has 2 aromatic rings. The van der Waals surface area contributed by atoms with Gasteiger partial charge in [0.2, 0.25) is 26.0 Å². The Morgan fingerprint density at radius 1 is 1.24 bits per heavy atom. The molecule has 0 saturated carbocycles. The van der Waals surface area contributed by atoms with Gasteiger partial charge in [-0.05, 0) is 42.7 Å². The van der Waals surface area contributed by atoms with Crippen molar-refractivity contribution in [1.29, 1.82) is 0 Å². The summed E-state index contributed by atoms with van der Waals surface area (Å²) in [5, 5.41) is 9.21. The van der Waals surface area contributed by atoms with E-state index >= 15 is 0 Å². The SMILES string of the molecule is Cc1ccc(Nc2ncc(F)c(N=C3C=CCC(=CS(=O)(=O)N(C)C)C3)n2)cc1S(N)(=O)=O. The average Bonchev–Trinajstić information content (AvgIpc) is 2.71. The molecule has 3 N–H and O–H groups in total. The first-order valence-electron chi connectivity index (χ1n) is 9.64. The van der Waals surface area contributed by atoms with Crippen molar-refractivity contribution >= 4 is 43.2 Å². The number of primary sulfonamides is 1. The molecule has 1 aromatic heterocycles. The normalized spacial score (nSPS) is 17.2. The van der Waals surface area contributed by atoms with Gasteiger partial charge in [0.25, 0.3) is 0 Å². The Labute approximate surface area is 191 Å². The van der Waals surface area contributed by atoms with Crippen molar-refractivity contribution < 1.29 is 21.2 Å².